The molecule has 0 bridgehead atoms. The molecule has 0 spiro atoms. The molecule has 0 atom stereocenters. The highest BCUT2D eigenvalue weighted by Gasteiger charge is 2.26. The van der Waals surface area contributed by atoms with Crippen LogP contribution in [-0.4, -0.2) is 32.7 Å². The fourth-order valence-electron chi connectivity index (χ4n) is 1.87. The van der Waals surface area contributed by atoms with Crippen LogP contribution in [0.2, 0.25) is 10.0 Å². The van der Waals surface area contributed by atoms with Gasteiger partial charge in [-0.3, -0.25) is 4.79 Å². The number of hydrogen-bond donors (Lipinski definition) is 1. The van der Waals surface area contributed by atoms with Crippen molar-refractivity contribution < 1.29 is 31.5 Å². The highest BCUT2D eigenvalue weighted by molar-refractivity contribution is 7.91. The van der Waals surface area contributed by atoms with Crippen molar-refractivity contribution in [1.29, 1.82) is 0 Å². The van der Waals surface area contributed by atoms with Gasteiger partial charge in [-0.15, -0.1) is 0 Å². The van der Waals surface area contributed by atoms with Gasteiger partial charge < -0.3 is 10.1 Å². The van der Waals surface area contributed by atoms with E-state index in [-0.39, 0.29) is 10.6 Å². The van der Waals surface area contributed by atoms with Crippen molar-refractivity contribution in [3.05, 3.63) is 58.1 Å². The van der Waals surface area contributed by atoms with Gasteiger partial charge in [-0.25, -0.2) is 13.2 Å². The van der Waals surface area contributed by atoms with Crippen molar-refractivity contribution in [2.75, 3.05) is 11.9 Å². The van der Waals surface area contributed by atoms with Gasteiger partial charge in [0.1, 0.15) is 0 Å². The molecule has 0 heterocycles. The molecule has 1 amide bonds. The molecule has 1 N–H and O–H groups in total. The summed E-state index contributed by atoms with van der Waals surface area (Å²) in [6.45, 7) is -0.629. The summed E-state index contributed by atoms with van der Waals surface area (Å²) in [7, 11) is -4.76. The maximum atomic E-state index is 12.5. The molecule has 144 valence electrons. The SMILES string of the molecule is O=C(COC(=O)c1ccc(S(=O)(=O)C(F)F)cc1)Nc1ccc(Cl)c(Cl)c1. The predicted octanol–water partition coefficient (Wildman–Crippen LogP) is 3.79. The summed E-state index contributed by atoms with van der Waals surface area (Å²) in [5.74, 6) is -5.15. The van der Waals surface area contributed by atoms with Crippen molar-refractivity contribution >= 4 is 50.6 Å². The van der Waals surface area contributed by atoms with Crippen LogP contribution in [0.4, 0.5) is 14.5 Å². The monoisotopic (exact) mass is 437 g/mol. The molecule has 27 heavy (non-hydrogen) atoms. The summed E-state index contributed by atoms with van der Waals surface area (Å²) >= 11 is 11.6. The van der Waals surface area contributed by atoms with E-state index >= 15 is 0 Å². The van der Waals surface area contributed by atoms with Crippen LogP contribution < -0.4 is 5.32 Å². The van der Waals surface area contributed by atoms with E-state index in [4.69, 9.17) is 27.9 Å². The minimum absolute atomic E-state index is 0.106. The van der Waals surface area contributed by atoms with E-state index in [0.717, 1.165) is 24.3 Å². The number of amides is 1. The van der Waals surface area contributed by atoms with E-state index in [1.807, 2.05) is 0 Å². The third-order valence-corrected chi connectivity index (χ3v) is 5.33. The lowest BCUT2D eigenvalue weighted by atomic mass is 10.2. The molecule has 0 aliphatic heterocycles. The van der Waals surface area contributed by atoms with E-state index in [2.05, 4.69) is 5.32 Å². The second-order valence-corrected chi connectivity index (χ2v) is 7.82. The number of benzene rings is 2. The average molecular weight is 438 g/mol. The van der Waals surface area contributed by atoms with Crippen LogP contribution in [0.3, 0.4) is 0 Å². The zero-order chi connectivity index (χ0) is 20.2. The molecular formula is C16H11Cl2F2NO5S. The number of anilines is 1. The molecule has 0 saturated heterocycles. The number of alkyl halides is 2. The van der Waals surface area contributed by atoms with E-state index in [1.165, 1.54) is 18.2 Å². The molecule has 11 heteroatoms. The first-order chi connectivity index (χ1) is 12.6. The maximum absolute atomic E-state index is 12.5. The third-order valence-electron chi connectivity index (χ3n) is 3.19. The van der Waals surface area contributed by atoms with Gasteiger partial charge in [0.05, 0.1) is 20.5 Å². The molecule has 2 aromatic rings. The van der Waals surface area contributed by atoms with Gasteiger partial charge in [0.25, 0.3) is 5.91 Å². The van der Waals surface area contributed by atoms with Crippen molar-refractivity contribution in [2.24, 2.45) is 0 Å². The number of halogens is 4. The van der Waals surface area contributed by atoms with Gasteiger partial charge >= 0.3 is 11.7 Å². The zero-order valence-corrected chi connectivity index (χ0v) is 15.6. The Morgan fingerprint density at radius 2 is 1.67 bits per heavy atom. The Morgan fingerprint density at radius 1 is 1.04 bits per heavy atom. The molecular weight excluding hydrogens is 427 g/mol. The average Bonchev–Trinajstić information content (AvgIpc) is 2.62. The van der Waals surface area contributed by atoms with Gasteiger partial charge in [-0.2, -0.15) is 8.78 Å². The summed E-state index contributed by atoms with van der Waals surface area (Å²) in [5.41, 5.74) is 0.234. The van der Waals surface area contributed by atoms with Crippen molar-refractivity contribution in [1.82, 2.24) is 0 Å². The minimum Gasteiger partial charge on any atom is -0.452 e. The van der Waals surface area contributed by atoms with E-state index < -0.39 is 39.0 Å². The lowest BCUT2D eigenvalue weighted by molar-refractivity contribution is -0.119. The molecule has 6 nitrogen and oxygen atoms in total. The van der Waals surface area contributed by atoms with Crippen molar-refractivity contribution in [3.8, 4) is 0 Å². The van der Waals surface area contributed by atoms with Crippen LogP contribution in [-0.2, 0) is 19.4 Å². The summed E-state index contributed by atoms with van der Waals surface area (Å²) in [6.07, 6.45) is 0. The van der Waals surface area contributed by atoms with E-state index in [0.29, 0.717) is 10.7 Å². The first kappa shape index (κ1) is 21.1. The Balaban J connectivity index is 1.95. The summed E-state index contributed by atoms with van der Waals surface area (Å²) in [4.78, 5) is 23.0. The van der Waals surface area contributed by atoms with E-state index in [1.54, 1.807) is 0 Å². The van der Waals surface area contributed by atoms with Crippen LogP contribution in [0.25, 0.3) is 0 Å². The quantitative estimate of drug-likeness (QED) is 0.694. The smallest absolute Gasteiger partial charge is 0.341 e. The second-order valence-electron chi connectivity index (χ2n) is 5.08. The molecule has 0 unspecified atom stereocenters. The molecule has 0 saturated carbocycles. The third kappa shape index (κ3) is 5.38. The lowest BCUT2D eigenvalue weighted by Crippen LogP contribution is -2.21. The molecule has 0 aliphatic carbocycles. The Kier molecular flexibility index (Phi) is 6.74. The van der Waals surface area contributed by atoms with Crippen LogP contribution in [0.15, 0.2) is 47.4 Å². The normalized spacial score (nSPS) is 11.3. The fourth-order valence-corrected chi connectivity index (χ4v) is 2.89. The summed E-state index contributed by atoms with van der Waals surface area (Å²) in [5, 5.41) is 2.97. The Bertz CT molecular complexity index is 965. The molecule has 2 rings (SSSR count). The maximum Gasteiger partial charge on any atom is 0.341 e. The Labute approximate surface area is 162 Å². The van der Waals surface area contributed by atoms with Gasteiger partial charge in [-0.1, -0.05) is 23.2 Å². The first-order valence-corrected chi connectivity index (χ1v) is 9.45. The van der Waals surface area contributed by atoms with Gasteiger partial charge in [0, 0.05) is 5.69 Å². The van der Waals surface area contributed by atoms with Crippen LogP contribution >= 0.6 is 23.2 Å². The van der Waals surface area contributed by atoms with Gasteiger partial charge in [0.2, 0.25) is 9.84 Å². The molecule has 0 aromatic heterocycles. The fraction of sp³-hybridized carbons (Fsp3) is 0.125. The van der Waals surface area contributed by atoms with E-state index in [9.17, 15) is 26.8 Å². The van der Waals surface area contributed by atoms with Crippen LogP contribution in [0, 0.1) is 0 Å². The number of hydrogen-bond acceptors (Lipinski definition) is 5. The molecule has 0 radical (unpaired) electrons. The molecule has 0 fully saturated rings. The number of nitrogens with one attached hydrogen (secondary N) is 1. The highest BCUT2D eigenvalue weighted by atomic mass is 35.5. The largest absolute Gasteiger partial charge is 0.452 e. The minimum atomic E-state index is -4.76. The number of ether oxygens (including phenoxy) is 1. The zero-order valence-electron chi connectivity index (χ0n) is 13.3. The molecule has 2 aromatic carbocycles. The number of esters is 1. The van der Waals surface area contributed by atoms with Gasteiger partial charge in [0.15, 0.2) is 6.61 Å². The number of sulfone groups is 1. The van der Waals surface area contributed by atoms with Gasteiger partial charge in [-0.05, 0) is 42.5 Å². The van der Waals surface area contributed by atoms with Crippen molar-refractivity contribution in [3.63, 3.8) is 0 Å². The summed E-state index contributed by atoms with van der Waals surface area (Å²) in [6, 6.07) is 8.10. The topological polar surface area (TPSA) is 89.5 Å². The van der Waals surface area contributed by atoms with Crippen molar-refractivity contribution in [2.45, 2.75) is 10.7 Å². The summed E-state index contributed by atoms with van der Waals surface area (Å²) < 4.78 is 52.3. The highest BCUT2D eigenvalue weighted by Crippen LogP contribution is 2.25. The standard InChI is InChI=1S/C16H11Cl2F2NO5S/c17-12-6-3-10(7-13(12)18)21-14(22)8-26-15(23)9-1-4-11(5-2-9)27(24,25)16(19)20/h1-7,16H,8H2,(H,21,22). The number of carbonyl (C=O) groups is 2. The second kappa shape index (κ2) is 8.64. The Hall–Kier alpha value is -2.23. The number of rotatable bonds is 6. The first-order valence-electron chi connectivity index (χ1n) is 7.15. The molecule has 0 aliphatic rings. The predicted molar refractivity (Wildman–Crippen MR) is 95.0 cm³/mol. The number of carbonyl (C=O) groups excluding carboxylic acids is 2. The van der Waals surface area contributed by atoms with Crippen LogP contribution in [0.1, 0.15) is 10.4 Å². The van der Waals surface area contributed by atoms with Crippen LogP contribution in [0.5, 0.6) is 0 Å². The Morgan fingerprint density at radius 3 is 2.22 bits per heavy atom. The lowest BCUT2D eigenvalue weighted by Gasteiger charge is -2.08.